The number of rotatable bonds is 7. The summed E-state index contributed by atoms with van der Waals surface area (Å²) in [6, 6.07) is 10.2. The molecule has 0 heterocycles. The number of ether oxygens (including phenoxy) is 3. The number of anilines is 1. The summed E-state index contributed by atoms with van der Waals surface area (Å²) in [7, 11) is 1.42. The van der Waals surface area contributed by atoms with Crippen LogP contribution in [-0.4, -0.2) is 43.3 Å². The van der Waals surface area contributed by atoms with E-state index in [2.05, 4.69) is 5.32 Å². The molecule has 0 aliphatic heterocycles. The van der Waals surface area contributed by atoms with Gasteiger partial charge >= 0.3 is 11.9 Å². The first-order chi connectivity index (χ1) is 12.9. The second kappa shape index (κ2) is 9.23. The molecular weight excluding hydrogens is 354 g/mol. The Morgan fingerprint density at radius 2 is 1.70 bits per heavy atom. The number of esters is 2. The molecule has 8 nitrogen and oxygen atoms in total. The third kappa shape index (κ3) is 5.46. The molecule has 2 N–H and O–H groups in total. The molecule has 0 aromatic heterocycles. The van der Waals surface area contributed by atoms with Crippen LogP contribution < -0.4 is 10.1 Å². The van der Waals surface area contributed by atoms with Crippen LogP contribution in [0.2, 0.25) is 0 Å². The minimum absolute atomic E-state index is 0.110. The summed E-state index contributed by atoms with van der Waals surface area (Å²) in [5, 5.41) is 12.2. The van der Waals surface area contributed by atoms with Crippen LogP contribution in [0.5, 0.6) is 11.5 Å². The zero-order valence-corrected chi connectivity index (χ0v) is 14.9. The fourth-order valence-electron chi connectivity index (χ4n) is 2.12. The number of hydrogen-bond donors (Lipinski definition) is 2. The van der Waals surface area contributed by atoms with Crippen LogP contribution in [0.1, 0.15) is 27.6 Å². The topological polar surface area (TPSA) is 111 Å². The van der Waals surface area contributed by atoms with Crippen molar-refractivity contribution in [2.45, 2.75) is 6.92 Å². The van der Waals surface area contributed by atoms with Gasteiger partial charge in [-0.3, -0.25) is 4.79 Å². The largest absolute Gasteiger partial charge is 0.507 e. The van der Waals surface area contributed by atoms with E-state index >= 15 is 0 Å². The molecule has 2 aromatic rings. The Hall–Kier alpha value is -3.55. The van der Waals surface area contributed by atoms with Crippen molar-refractivity contribution in [3.63, 3.8) is 0 Å². The maximum Gasteiger partial charge on any atom is 0.342 e. The predicted molar refractivity (Wildman–Crippen MR) is 96.0 cm³/mol. The molecule has 0 fully saturated rings. The Labute approximate surface area is 155 Å². The van der Waals surface area contributed by atoms with Gasteiger partial charge in [0.25, 0.3) is 5.91 Å². The van der Waals surface area contributed by atoms with Gasteiger partial charge in [0.05, 0.1) is 19.3 Å². The van der Waals surface area contributed by atoms with Gasteiger partial charge in [-0.25, -0.2) is 9.59 Å². The highest BCUT2D eigenvalue weighted by Gasteiger charge is 2.16. The normalized spacial score (nSPS) is 10.0. The Morgan fingerprint density at radius 3 is 2.33 bits per heavy atom. The van der Waals surface area contributed by atoms with E-state index in [1.54, 1.807) is 6.92 Å². The molecular formula is C19H19NO7. The number of carbonyl (C=O) groups is 3. The van der Waals surface area contributed by atoms with Gasteiger partial charge in [0.2, 0.25) is 0 Å². The van der Waals surface area contributed by atoms with Gasteiger partial charge < -0.3 is 24.6 Å². The lowest BCUT2D eigenvalue weighted by Gasteiger charge is -2.09. The first-order valence-corrected chi connectivity index (χ1v) is 8.05. The van der Waals surface area contributed by atoms with E-state index < -0.39 is 24.5 Å². The van der Waals surface area contributed by atoms with Gasteiger partial charge in [-0.2, -0.15) is 0 Å². The van der Waals surface area contributed by atoms with Crippen LogP contribution in [0.25, 0.3) is 0 Å². The van der Waals surface area contributed by atoms with Crippen LogP contribution >= 0.6 is 0 Å². The quantitative estimate of drug-likeness (QED) is 0.717. The number of nitrogens with one attached hydrogen (secondary N) is 1. The third-order valence-electron chi connectivity index (χ3n) is 3.44. The highest BCUT2D eigenvalue weighted by atomic mass is 16.5. The van der Waals surface area contributed by atoms with Gasteiger partial charge in [0, 0.05) is 5.69 Å². The molecule has 142 valence electrons. The smallest absolute Gasteiger partial charge is 0.342 e. The average molecular weight is 373 g/mol. The molecule has 0 radical (unpaired) electrons. The minimum Gasteiger partial charge on any atom is -0.507 e. The Morgan fingerprint density at radius 1 is 1.00 bits per heavy atom. The standard InChI is InChI=1S/C19H19NO7/c1-3-26-18(23)12-4-6-13(7-5-12)20-17(22)11-27-19(24)15-10-14(25-2)8-9-16(15)21/h4-10,21H,3,11H2,1-2H3,(H,20,22). The first-order valence-electron chi connectivity index (χ1n) is 8.05. The molecule has 0 aliphatic rings. The van der Waals surface area contributed by atoms with E-state index in [0.717, 1.165) is 0 Å². The number of benzene rings is 2. The molecule has 27 heavy (non-hydrogen) atoms. The zero-order valence-electron chi connectivity index (χ0n) is 14.9. The number of phenolic OH excluding ortho intramolecular Hbond substituents is 1. The van der Waals surface area contributed by atoms with Gasteiger partial charge in [-0.15, -0.1) is 0 Å². The van der Waals surface area contributed by atoms with Gasteiger partial charge in [0.1, 0.15) is 17.1 Å². The molecule has 0 bridgehead atoms. The van der Waals surface area contributed by atoms with E-state index in [1.165, 1.54) is 49.6 Å². The van der Waals surface area contributed by atoms with E-state index in [9.17, 15) is 19.5 Å². The zero-order chi connectivity index (χ0) is 19.8. The maximum absolute atomic E-state index is 12.0. The highest BCUT2D eigenvalue weighted by Crippen LogP contribution is 2.23. The summed E-state index contributed by atoms with van der Waals surface area (Å²) in [5.74, 6) is -1.81. The van der Waals surface area contributed by atoms with Crippen molar-refractivity contribution >= 4 is 23.5 Å². The number of aromatic hydroxyl groups is 1. The lowest BCUT2D eigenvalue weighted by Crippen LogP contribution is -2.21. The second-order valence-corrected chi connectivity index (χ2v) is 5.31. The van der Waals surface area contributed by atoms with Crippen LogP contribution in [0, 0.1) is 0 Å². The number of methoxy groups -OCH3 is 1. The molecule has 8 heteroatoms. The minimum atomic E-state index is -0.862. The summed E-state index contributed by atoms with van der Waals surface area (Å²) in [5.41, 5.74) is 0.670. The molecule has 0 atom stereocenters. The van der Waals surface area contributed by atoms with Crippen molar-refractivity contribution in [2.75, 3.05) is 25.6 Å². The summed E-state index contributed by atoms with van der Waals surface area (Å²) < 4.78 is 14.7. The number of carbonyl (C=O) groups excluding carboxylic acids is 3. The fourth-order valence-corrected chi connectivity index (χ4v) is 2.12. The Kier molecular flexibility index (Phi) is 6.76. The van der Waals surface area contributed by atoms with Crippen LogP contribution in [0.3, 0.4) is 0 Å². The van der Waals surface area contributed by atoms with E-state index in [1.807, 2.05) is 0 Å². The predicted octanol–water partition coefficient (Wildman–Crippen LogP) is 2.37. The van der Waals surface area contributed by atoms with E-state index in [0.29, 0.717) is 17.0 Å². The lowest BCUT2D eigenvalue weighted by molar-refractivity contribution is -0.119. The SMILES string of the molecule is CCOC(=O)c1ccc(NC(=O)COC(=O)c2cc(OC)ccc2O)cc1. The van der Waals surface area contributed by atoms with Crippen molar-refractivity contribution in [1.29, 1.82) is 0 Å². The second-order valence-electron chi connectivity index (χ2n) is 5.31. The summed E-state index contributed by atoms with van der Waals surface area (Å²) >= 11 is 0. The Balaban J connectivity index is 1.90. The maximum atomic E-state index is 12.0. The number of phenols is 1. The van der Waals surface area contributed by atoms with Crippen LogP contribution in [0.15, 0.2) is 42.5 Å². The van der Waals surface area contributed by atoms with Crippen molar-refractivity contribution in [1.82, 2.24) is 0 Å². The van der Waals surface area contributed by atoms with Crippen LogP contribution in [0.4, 0.5) is 5.69 Å². The van der Waals surface area contributed by atoms with Crippen molar-refractivity contribution in [3.8, 4) is 11.5 Å². The van der Waals surface area contributed by atoms with Gasteiger partial charge in [0.15, 0.2) is 6.61 Å². The lowest BCUT2D eigenvalue weighted by atomic mass is 10.2. The van der Waals surface area contributed by atoms with Gasteiger partial charge in [-0.05, 0) is 49.4 Å². The molecule has 0 spiro atoms. The van der Waals surface area contributed by atoms with Crippen molar-refractivity contribution < 1.29 is 33.7 Å². The first kappa shape index (κ1) is 19.8. The average Bonchev–Trinajstić information content (AvgIpc) is 2.67. The summed E-state index contributed by atoms with van der Waals surface area (Å²) in [4.78, 5) is 35.5. The molecule has 0 aliphatic carbocycles. The molecule has 0 unspecified atom stereocenters. The highest BCUT2D eigenvalue weighted by molar-refractivity contribution is 5.97. The fraction of sp³-hybridized carbons (Fsp3) is 0.211. The molecule has 2 rings (SSSR count). The Bertz CT molecular complexity index is 830. The summed E-state index contributed by atoms with van der Waals surface area (Å²) in [6.07, 6.45) is 0. The molecule has 0 saturated heterocycles. The molecule has 2 aromatic carbocycles. The molecule has 0 saturated carbocycles. The third-order valence-corrected chi connectivity index (χ3v) is 3.44. The van der Waals surface area contributed by atoms with Crippen molar-refractivity contribution in [2.24, 2.45) is 0 Å². The number of amides is 1. The summed E-state index contributed by atoms with van der Waals surface area (Å²) in [6.45, 7) is 1.43. The van der Waals surface area contributed by atoms with Crippen LogP contribution in [-0.2, 0) is 14.3 Å². The monoisotopic (exact) mass is 373 g/mol. The van der Waals surface area contributed by atoms with E-state index in [4.69, 9.17) is 14.2 Å². The van der Waals surface area contributed by atoms with E-state index in [-0.39, 0.29) is 17.9 Å². The molecule has 1 amide bonds. The van der Waals surface area contributed by atoms with Gasteiger partial charge in [-0.1, -0.05) is 0 Å². The number of hydrogen-bond acceptors (Lipinski definition) is 7. The van der Waals surface area contributed by atoms with Crippen molar-refractivity contribution in [3.05, 3.63) is 53.6 Å².